The number of aliphatic hydroxyl groups excluding tert-OH is 2. The molecule has 0 radical (unpaired) electrons. The van der Waals surface area contributed by atoms with Crippen molar-refractivity contribution in [1.29, 1.82) is 0 Å². The number of aliphatic imine (C=N–C) groups is 1. The maximum absolute atomic E-state index is 13.8. The molecule has 0 saturated carbocycles. The van der Waals surface area contributed by atoms with E-state index in [0.717, 1.165) is 6.92 Å². The van der Waals surface area contributed by atoms with Gasteiger partial charge in [0.1, 0.15) is 54.4 Å². The minimum absolute atomic E-state index is 0.0742. The molecule has 0 bridgehead atoms. The zero-order valence-electron chi connectivity index (χ0n) is 40.8. The number of aromatic amines is 1. The van der Waals surface area contributed by atoms with E-state index < -0.39 is 157 Å². The number of guanidine groups is 1. The largest absolute Gasteiger partial charge is 0.481 e. The average Bonchev–Trinajstić information content (AvgIpc) is 3.80. The molecule has 30 nitrogen and oxygen atoms in total. The lowest BCUT2D eigenvalue weighted by Gasteiger charge is -2.29. The van der Waals surface area contributed by atoms with E-state index >= 15 is 0 Å². The SMILES string of the molecule is CC(C)C[C@H](NC(=O)[C@H](CCC(=O)O)NC(=O)[C@H](CC(=O)O)NC(=O)[C@@H](NC(=O)[C@H](Cc1cnc[nH]1)NC(=O)[C@@H](NC(=O)[C@@H](N)CO)C(C)C)[C@@H](C)O)C(=O)N[C@@H](C)C(=O)N[C@@H](CCCN=C(N)N)C(=O)O. The Kier molecular flexibility index (Phi) is 26.9. The van der Waals surface area contributed by atoms with Crippen molar-refractivity contribution in [3.63, 3.8) is 0 Å². The molecule has 30 heteroatoms. The highest BCUT2D eigenvalue weighted by atomic mass is 16.4. The summed E-state index contributed by atoms with van der Waals surface area (Å²) < 4.78 is 0. The molecule has 72 heavy (non-hydrogen) atoms. The molecule has 404 valence electrons. The quantitative estimate of drug-likeness (QED) is 0.0177. The van der Waals surface area contributed by atoms with Crippen molar-refractivity contribution >= 4 is 71.1 Å². The lowest BCUT2D eigenvalue weighted by molar-refractivity contribution is -0.143. The van der Waals surface area contributed by atoms with Crippen LogP contribution in [-0.2, 0) is 59.2 Å². The van der Waals surface area contributed by atoms with Gasteiger partial charge in [-0.2, -0.15) is 0 Å². The number of carboxylic acids is 3. The van der Waals surface area contributed by atoms with Crippen LogP contribution in [0, 0.1) is 11.8 Å². The fraction of sp³-hybridized carbons (Fsp3) is 0.643. The Hall–Kier alpha value is -7.47. The van der Waals surface area contributed by atoms with Crippen LogP contribution in [0.25, 0.3) is 0 Å². The van der Waals surface area contributed by atoms with Crippen LogP contribution in [0.4, 0.5) is 0 Å². The van der Waals surface area contributed by atoms with Gasteiger partial charge in [0.15, 0.2) is 5.96 Å². The topological polar surface area (TPSA) is 504 Å². The van der Waals surface area contributed by atoms with Crippen molar-refractivity contribution in [1.82, 2.24) is 52.5 Å². The minimum Gasteiger partial charge on any atom is -0.481 e. The molecule has 0 fully saturated rings. The number of amides is 8. The molecule has 1 rings (SSSR count). The molecule has 0 spiro atoms. The molecular formula is C42H70N14O16. The Morgan fingerprint density at radius 1 is 0.639 bits per heavy atom. The van der Waals surface area contributed by atoms with Crippen molar-refractivity contribution in [3.05, 3.63) is 18.2 Å². The Labute approximate surface area is 413 Å². The number of nitrogens with two attached hydrogens (primary N) is 3. The monoisotopic (exact) mass is 1030 g/mol. The summed E-state index contributed by atoms with van der Waals surface area (Å²) in [5.41, 5.74) is 16.4. The van der Waals surface area contributed by atoms with Crippen LogP contribution in [0.2, 0.25) is 0 Å². The molecular weight excluding hydrogens is 957 g/mol. The van der Waals surface area contributed by atoms with Crippen LogP contribution < -0.4 is 59.7 Å². The van der Waals surface area contributed by atoms with Crippen molar-refractivity contribution in [3.8, 4) is 0 Å². The zero-order chi connectivity index (χ0) is 55.0. The van der Waals surface area contributed by atoms with E-state index in [4.69, 9.17) is 17.2 Å². The first-order valence-corrected chi connectivity index (χ1v) is 22.7. The fourth-order valence-corrected chi connectivity index (χ4v) is 6.49. The highest BCUT2D eigenvalue weighted by Crippen LogP contribution is 2.11. The second-order valence-corrected chi connectivity index (χ2v) is 17.5. The summed E-state index contributed by atoms with van der Waals surface area (Å²) in [6, 6.07) is -14.2. The van der Waals surface area contributed by atoms with Gasteiger partial charge in [-0.15, -0.1) is 0 Å². The number of nitrogens with zero attached hydrogens (tertiary/aromatic N) is 2. The number of H-pyrrole nitrogens is 1. The van der Waals surface area contributed by atoms with E-state index in [1.54, 1.807) is 27.7 Å². The standard InChI is InChI=1S/C42H70N14O16/c1-18(2)12-26(36(66)49-20(5)33(63)51-25(41(71)72)8-7-11-47-42(44)45)52-35(65)24(9-10-29(59)60)50-37(67)28(14-30(61)62)54-40(70)32(21(6)58)56-38(68)27(13-22-15-46-17-48-22)53-39(69)31(19(3)4)55-34(64)23(43)16-57/h15,17-21,23-28,31-32,57-58H,7-14,16,43H2,1-6H3,(H,46,48)(H,49,66)(H,50,67)(H,51,63)(H,52,65)(H,53,69)(H,54,70)(H,55,64)(H,56,68)(H,59,60)(H,61,62)(H,71,72)(H4,44,45,47)/t20-,21+,23-,24-,25-,26-,27-,28-,31-,32-/m0/s1. The van der Waals surface area contributed by atoms with Gasteiger partial charge in [0.2, 0.25) is 47.3 Å². The molecule has 0 aromatic carbocycles. The van der Waals surface area contributed by atoms with Crippen LogP contribution in [0.3, 0.4) is 0 Å². The smallest absolute Gasteiger partial charge is 0.326 e. The van der Waals surface area contributed by atoms with Crippen LogP contribution in [0.5, 0.6) is 0 Å². The minimum atomic E-state index is -2.07. The van der Waals surface area contributed by atoms with Gasteiger partial charge < -0.3 is 90.3 Å². The first-order valence-electron chi connectivity index (χ1n) is 22.7. The maximum atomic E-state index is 13.8. The van der Waals surface area contributed by atoms with Crippen LogP contribution in [-0.4, -0.2) is 180 Å². The van der Waals surface area contributed by atoms with Crippen molar-refractivity contribution in [2.45, 2.75) is 147 Å². The predicted molar refractivity (Wildman–Crippen MR) is 251 cm³/mol. The van der Waals surface area contributed by atoms with Gasteiger partial charge in [-0.1, -0.05) is 27.7 Å². The number of rotatable bonds is 33. The van der Waals surface area contributed by atoms with Crippen molar-refractivity contribution in [2.75, 3.05) is 13.2 Å². The zero-order valence-corrected chi connectivity index (χ0v) is 40.8. The summed E-state index contributed by atoms with van der Waals surface area (Å²) in [5, 5.41) is 67.2. The molecule has 0 aliphatic heterocycles. The molecule has 0 saturated heterocycles. The molecule has 0 unspecified atom stereocenters. The van der Waals surface area contributed by atoms with Crippen LogP contribution in [0.15, 0.2) is 17.5 Å². The van der Waals surface area contributed by atoms with E-state index in [1.807, 2.05) is 0 Å². The second kappa shape index (κ2) is 31.0. The summed E-state index contributed by atoms with van der Waals surface area (Å²) >= 11 is 0. The molecule has 1 aromatic heterocycles. The molecule has 1 heterocycles. The van der Waals surface area contributed by atoms with E-state index in [0.29, 0.717) is 5.69 Å². The van der Waals surface area contributed by atoms with Gasteiger partial charge in [0.05, 0.1) is 25.5 Å². The summed E-state index contributed by atoms with van der Waals surface area (Å²) in [4.78, 5) is 153. The highest BCUT2D eigenvalue weighted by Gasteiger charge is 2.37. The number of hydrogen-bond donors (Lipinski definition) is 17. The summed E-state index contributed by atoms with van der Waals surface area (Å²) in [6.07, 6.45) is -2.02. The number of nitrogens with one attached hydrogen (secondary N) is 9. The van der Waals surface area contributed by atoms with Gasteiger partial charge in [0.25, 0.3) is 0 Å². The van der Waals surface area contributed by atoms with Crippen LogP contribution >= 0.6 is 0 Å². The lowest BCUT2D eigenvalue weighted by Crippen LogP contribution is -2.62. The third-order valence-corrected chi connectivity index (χ3v) is 10.4. The van der Waals surface area contributed by atoms with E-state index in [9.17, 15) is 78.3 Å². The second-order valence-electron chi connectivity index (χ2n) is 17.5. The third kappa shape index (κ3) is 23.0. The number of carbonyl (C=O) groups excluding carboxylic acids is 8. The Balaban J connectivity index is 3.38. The third-order valence-electron chi connectivity index (χ3n) is 10.4. The number of carbonyl (C=O) groups is 11. The van der Waals surface area contributed by atoms with Crippen molar-refractivity contribution < 1.29 is 78.3 Å². The van der Waals surface area contributed by atoms with Gasteiger partial charge >= 0.3 is 17.9 Å². The number of aliphatic carboxylic acids is 3. The molecule has 10 atom stereocenters. The highest BCUT2D eigenvalue weighted by molar-refractivity contribution is 5.99. The van der Waals surface area contributed by atoms with Gasteiger partial charge in [-0.05, 0) is 51.4 Å². The normalized spacial score (nSPS) is 15.3. The van der Waals surface area contributed by atoms with E-state index in [1.165, 1.54) is 19.4 Å². The number of hydrogen-bond acceptors (Lipinski definition) is 16. The number of aromatic nitrogens is 2. The van der Waals surface area contributed by atoms with Crippen LogP contribution in [0.1, 0.15) is 85.8 Å². The van der Waals surface area contributed by atoms with Crippen molar-refractivity contribution in [2.24, 2.45) is 34.0 Å². The molecule has 1 aromatic rings. The van der Waals surface area contributed by atoms with Gasteiger partial charge in [-0.25, -0.2) is 9.78 Å². The number of carboxylic acid groups (broad SMARTS) is 3. The summed E-state index contributed by atoms with van der Waals surface area (Å²) in [7, 11) is 0. The fourth-order valence-electron chi connectivity index (χ4n) is 6.49. The van der Waals surface area contributed by atoms with E-state index in [2.05, 4.69) is 57.5 Å². The maximum Gasteiger partial charge on any atom is 0.326 e. The van der Waals surface area contributed by atoms with Gasteiger partial charge in [0, 0.05) is 31.3 Å². The number of imidazole rings is 1. The first kappa shape index (κ1) is 62.5. The predicted octanol–water partition coefficient (Wildman–Crippen LogP) is -6.27. The number of aliphatic hydroxyl groups is 2. The molecule has 8 amide bonds. The molecule has 0 aliphatic carbocycles. The lowest BCUT2D eigenvalue weighted by atomic mass is 10.0. The van der Waals surface area contributed by atoms with E-state index in [-0.39, 0.29) is 44.1 Å². The molecule has 20 N–H and O–H groups in total. The summed E-state index contributed by atoms with van der Waals surface area (Å²) in [5.74, 6) is -14.2. The Morgan fingerprint density at radius 2 is 1.17 bits per heavy atom. The Morgan fingerprint density at radius 3 is 1.68 bits per heavy atom. The average molecular weight is 1030 g/mol. The van der Waals surface area contributed by atoms with Gasteiger partial charge in [-0.3, -0.25) is 52.9 Å². The summed E-state index contributed by atoms with van der Waals surface area (Å²) in [6.45, 7) is 8.11. The first-order chi connectivity index (χ1) is 33.6. The molecule has 0 aliphatic rings. The Bertz CT molecular complexity index is 2060.